The van der Waals surface area contributed by atoms with Gasteiger partial charge in [-0.1, -0.05) is 13.8 Å². The summed E-state index contributed by atoms with van der Waals surface area (Å²) in [5.74, 6) is 4.17. The van der Waals surface area contributed by atoms with Crippen molar-refractivity contribution in [3.05, 3.63) is 29.4 Å². The number of hydrogen-bond donors (Lipinski definition) is 1. The van der Waals surface area contributed by atoms with Gasteiger partial charge in [0.2, 0.25) is 0 Å². The summed E-state index contributed by atoms with van der Waals surface area (Å²) in [4.78, 5) is 8.69. The maximum Gasteiger partial charge on any atom is 0.147 e. The van der Waals surface area contributed by atoms with E-state index in [-0.39, 0.29) is 0 Å². The second-order valence-electron chi connectivity index (χ2n) is 6.38. The molecule has 1 aliphatic heterocycles. The van der Waals surface area contributed by atoms with Crippen molar-refractivity contribution in [1.82, 2.24) is 24.7 Å². The summed E-state index contributed by atoms with van der Waals surface area (Å²) in [6.07, 6.45) is 3.78. The van der Waals surface area contributed by atoms with Crippen LogP contribution in [0, 0.1) is 5.92 Å². The van der Waals surface area contributed by atoms with Crippen LogP contribution in [0.1, 0.15) is 37.8 Å². The minimum atomic E-state index is 0.413. The highest BCUT2D eigenvalue weighted by atomic mass is 32.1. The molecule has 3 aromatic heterocycles. The Morgan fingerprint density at radius 1 is 1.35 bits per heavy atom. The van der Waals surface area contributed by atoms with Gasteiger partial charge in [0, 0.05) is 25.4 Å². The molecular formula is C16H20N6S. The van der Waals surface area contributed by atoms with E-state index < -0.39 is 0 Å². The molecular weight excluding hydrogens is 308 g/mol. The molecule has 0 saturated carbocycles. The second-order valence-corrected chi connectivity index (χ2v) is 7.30. The van der Waals surface area contributed by atoms with Gasteiger partial charge in [-0.25, -0.2) is 9.97 Å². The normalized spacial score (nSPS) is 17.6. The van der Waals surface area contributed by atoms with Crippen molar-refractivity contribution in [3.63, 3.8) is 0 Å². The summed E-state index contributed by atoms with van der Waals surface area (Å²) in [6.45, 7) is 6.25. The highest BCUT2D eigenvalue weighted by molar-refractivity contribution is 7.17. The molecule has 4 heterocycles. The first-order chi connectivity index (χ1) is 11.2. The van der Waals surface area contributed by atoms with Crippen molar-refractivity contribution in [2.24, 2.45) is 5.92 Å². The molecule has 0 fully saturated rings. The van der Waals surface area contributed by atoms with E-state index in [4.69, 9.17) is 0 Å². The van der Waals surface area contributed by atoms with Crippen molar-refractivity contribution in [3.8, 4) is 0 Å². The first-order valence-electron chi connectivity index (χ1n) is 8.06. The molecule has 0 bridgehead atoms. The van der Waals surface area contributed by atoms with Crippen LogP contribution in [0.5, 0.6) is 0 Å². The fourth-order valence-corrected chi connectivity index (χ4v) is 3.98. The number of nitrogens with one attached hydrogen (secondary N) is 1. The van der Waals surface area contributed by atoms with Gasteiger partial charge in [-0.05, 0) is 23.8 Å². The minimum Gasteiger partial charge on any atom is -0.368 e. The Labute approximate surface area is 139 Å². The average Bonchev–Trinajstić information content (AvgIpc) is 3.19. The van der Waals surface area contributed by atoms with E-state index in [1.807, 2.05) is 6.07 Å². The van der Waals surface area contributed by atoms with Crippen molar-refractivity contribution in [2.45, 2.75) is 39.2 Å². The first-order valence-corrected chi connectivity index (χ1v) is 8.94. The third-order valence-electron chi connectivity index (χ3n) is 4.39. The van der Waals surface area contributed by atoms with Crippen LogP contribution in [-0.4, -0.2) is 31.3 Å². The molecule has 1 atom stereocenters. The topological polar surface area (TPSA) is 68.5 Å². The van der Waals surface area contributed by atoms with Gasteiger partial charge in [0.15, 0.2) is 0 Å². The summed E-state index contributed by atoms with van der Waals surface area (Å²) < 4.78 is 3.44. The van der Waals surface area contributed by atoms with E-state index in [0.29, 0.717) is 11.8 Å². The van der Waals surface area contributed by atoms with Crippen LogP contribution in [0.25, 0.3) is 10.2 Å². The third kappa shape index (κ3) is 2.69. The van der Waals surface area contributed by atoms with Gasteiger partial charge in [-0.3, -0.25) is 0 Å². The second kappa shape index (κ2) is 5.88. The zero-order valence-corrected chi connectivity index (χ0v) is 14.2. The molecule has 120 valence electrons. The van der Waals surface area contributed by atoms with Crippen LogP contribution in [0.2, 0.25) is 0 Å². The standard InChI is InChI=1S/C16H20N6S/c1-10(2)16-21-20-13-4-3-11(8-22(13)16)7-17-15-14-12(5-6-23-14)18-9-19-15/h5-6,9-11H,3-4,7-8H2,1-2H3,(H,17,18,19)/t11-/m1/s1. The number of thiophene rings is 1. The highest BCUT2D eigenvalue weighted by Gasteiger charge is 2.24. The smallest absolute Gasteiger partial charge is 0.147 e. The molecule has 0 amide bonds. The maximum absolute atomic E-state index is 4.40. The molecule has 0 unspecified atom stereocenters. The lowest BCUT2D eigenvalue weighted by Gasteiger charge is -2.25. The summed E-state index contributed by atoms with van der Waals surface area (Å²) in [7, 11) is 0. The molecule has 23 heavy (non-hydrogen) atoms. The Bertz CT molecular complexity index is 821. The Morgan fingerprint density at radius 3 is 3.13 bits per heavy atom. The van der Waals surface area contributed by atoms with E-state index in [1.54, 1.807) is 17.7 Å². The van der Waals surface area contributed by atoms with E-state index in [1.165, 1.54) is 0 Å². The molecule has 7 heteroatoms. The van der Waals surface area contributed by atoms with Crippen LogP contribution in [0.15, 0.2) is 17.8 Å². The lowest BCUT2D eigenvalue weighted by Crippen LogP contribution is -2.27. The lowest BCUT2D eigenvalue weighted by atomic mass is 9.98. The van der Waals surface area contributed by atoms with Crippen molar-refractivity contribution < 1.29 is 0 Å². The van der Waals surface area contributed by atoms with Gasteiger partial charge < -0.3 is 9.88 Å². The van der Waals surface area contributed by atoms with Crippen molar-refractivity contribution in [1.29, 1.82) is 0 Å². The number of anilines is 1. The number of nitrogens with zero attached hydrogens (tertiary/aromatic N) is 5. The van der Waals surface area contributed by atoms with E-state index in [0.717, 1.165) is 53.6 Å². The van der Waals surface area contributed by atoms with Crippen molar-refractivity contribution >= 4 is 27.4 Å². The fraction of sp³-hybridized carbons (Fsp3) is 0.500. The average molecular weight is 328 g/mol. The monoisotopic (exact) mass is 328 g/mol. The maximum atomic E-state index is 4.40. The zero-order valence-electron chi connectivity index (χ0n) is 13.4. The summed E-state index contributed by atoms with van der Waals surface area (Å²) >= 11 is 1.68. The Kier molecular flexibility index (Phi) is 3.72. The number of aromatic nitrogens is 5. The third-order valence-corrected chi connectivity index (χ3v) is 5.30. The number of aryl methyl sites for hydroxylation is 1. The van der Waals surface area contributed by atoms with E-state index in [2.05, 4.69) is 49.3 Å². The predicted octanol–water partition coefficient (Wildman–Crippen LogP) is 3.08. The SMILES string of the molecule is CC(C)c1nnc2n1C[C@@H](CNc1ncnc3ccsc13)CC2. The molecule has 1 N–H and O–H groups in total. The summed E-state index contributed by atoms with van der Waals surface area (Å²) in [6, 6.07) is 2.03. The molecule has 3 aromatic rings. The lowest BCUT2D eigenvalue weighted by molar-refractivity contribution is 0.371. The molecule has 4 rings (SSSR count). The van der Waals surface area contributed by atoms with E-state index >= 15 is 0 Å². The molecule has 0 radical (unpaired) electrons. The van der Waals surface area contributed by atoms with Gasteiger partial charge in [0.05, 0.1) is 10.2 Å². The minimum absolute atomic E-state index is 0.413. The molecule has 0 saturated heterocycles. The number of hydrogen-bond acceptors (Lipinski definition) is 6. The van der Waals surface area contributed by atoms with Gasteiger partial charge in [-0.2, -0.15) is 0 Å². The first kappa shape index (κ1) is 14.6. The highest BCUT2D eigenvalue weighted by Crippen LogP contribution is 2.27. The quantitative estimate of drug-likeness (QED) is 0.797. The van der Waals surface area contributed by atoms with Crippen molar-refractivity contribution in [2.75, 3.05) is 11.9 Å². The summed E-state index contributed by atoms with van der Waals surface area (Å²) in [5.41, 5.74) is 1.01. The van der Waals surface area contributed by atoms with Gasteiger partial charge in [0.1, 0.15) is 23.8 Å². The van der Waals surface area contributed by atoms with Crippen LogP contribution < -0.4 is 5.32 Å². The molecule has 0 spiro atoms. The number of fused-ring (bicyclic) bond motifs is 2. The summed E-state index contributed by atoms with van der Waals surface area (Å²) in [5, 5.41) is 14.3. The van der Waals surface area contributed by atoms with Crippen LogP contribution in [0.3, 0.4) is 0 Å². The van der Waals surface area contributed by atoms with Crippen LogP contribution >= 0.6 is 11.3 Å². The van der Waals surface area contributed by atoms with Crippen LogP contribution in [0.4, 0.5) is 5.82 Å². The molecule has 0 aromatic carbocycles. The molecule has 6 nitrogen and oxygen atoms in total. The fourth-order valence-electron chi connectivity index (χ4n) is 3.17. The molecule has 0 aliphatic carbocycles. The van der Waals surface area contributed by atoms with E-state index in [9.17, 15) is 0 Å². The number of rotatable bonds is 4. The van der Waals surface area contributed by atoms with Gasteiger partial charge in [0.25, 0.3) is 0 Å². The zero-order chi connectivity index (χ0) is 15.8. The van der Waals surface area contributed by atoms with Gasteiger partial charge in [-0.15, -0.1) is 21.5 Å². The molecule has 1 aliphatic rings. The predicted molar refractivity (Wildman–Crippen MR) is 91.8 cm³/mol. The Balaban J connectivity index is 1.48. The van der Waals surface area contributed by atoms with Crippen LogP contribution in [-0.2, 0) is 13.0 Å². The van der Waals surface area contributed by atoms with Gasteiger partial charge >= 0.3 is 0 Å². The largest absolute Gasteiger partial charge is 0.368 e. The Hall–Kier alpha value is -2.02. The Morgan fingerprint density at radius 2 is 2.26 bits per heavy atom.